The molecule has 38 heavy (non-hydrogen) atoms. The number of nitrogen functional groups attached to an aromatic ring is 1. The van der Waals surface area contributed by atoms with Crippen molar-refractivity contribution in [2.24, 2.45) is 0 Å². The molecule has 9 nitrogen and oxygen atoms in total. The van der Waals surface area contributed by atoms with Gasteiger partial charge < -0.3 is 20.9 Å². The Labute approximate surface area is 216 Å². The summed E-state index contributed by atoms with van der Waals surface area (Å²) in [5.74, 6) is -1.61. The first-order chi connectivity index (χ1) is 18.4. The van der Waals surface area contributed by atoms with Gasteiger partial charge in [-0.15, -0.1) is 0 Å². The number of rotatable bonds is 7. The average Bonchev–Trinajstić information content (AvgIpc) is 3.30. The molecule has 190 valence electrons. The minimum atomic E-state index is -1.44. The van der Waals surface area contributed by atoms with E-state index in [4.69, 9.17) is 20.6 Å². The number of aromatic nitrogens is 3. The number of imidazole rings is 1. The molecular formula is C28H22FN5O4. The molecule has 0 atom stereocenters. The van der Waals surface area contributed by atoms with E-state index >= 15 is 0 Å². The molecule has 5 rings (SSSR count). The number of aromatic carboxylic acids is 1. The molecule has 0 spiro atoms. The summed E-state index contributed by atoms with van der Waals surface area (Å²) < 4.78 is 21.8. The van der Waals surface area contributed by atoms with E-state index in [1.165, 1.54) is 12.1 Å². The highest BCUT2D eigenvalue weighted by molar-refractivity contribution is 5.98. The summed E-state index contributed by atoms with van der Waals surface area (Å²) in [6.07, 6.45) is 1.61. The molecular weight excluding hydrogens is 489 g/mol. The van der Waals surface area contributed by atoms with Crippen molar-refractivity contribution in [3.05, 3.63) is 102 Å². The number of methoxy groups -OCH3 is 1. The predicted molar refractivity (Wildman–Crippen MR) is 140 cm³/mol. The predicted octanol–water partition coefficient (Wildman–Crippen LogP) is 4.45. The molecule has 0 aliphatic heterocycles. The third-order valence-corrected chi connectivity index (χ3v) is 6.06. The van der Waals surface area contributed by atoms with Gasteiger partial charge in [0.2, 0.25) is 0 Å². The first kappa shape index (κ1) is 24.4. The molecule has 0 aliphatic carbocycles. The number of nitrogens with two attached hydrogens (primary N) is 1. The highest BCUT2D eigenvalue weighted by atomic mass is 19.1. The quantitative estimate of drug-likeness (QED) is 0.294. The van der Waals surface area contributed by atoms with Crippen LogP contribution in [0.1, 0.15) is 26.3 Å². The van der Waals surface area contributed by atoms with E-state index in [-0.39, 0.29) is 12.1 Å². The number of halogens is 1. The Balaban J connectivity index is 1.45. The molecule has 2 aromatic heterocycles. The van der Waals surface area contributed by atoms with Gasteiger partial charge in [0.1, 0.15) is 23.2 Å². The summed E-state index contributed by atoms with van der Waals surface area (Å²) in [4.78, 5) is 32.7. The van der Waals surface area contributed by atoms with Crippen LogP contribution in [0.3, 0.4) is 0 Å². The zero-order valence-electron chi connectivity index (χ0n) is 20.2. The number of carbonyl (C=O) groups is 2. The van der Waals surface area contributed by atoms with Crippen molar-refractivity contribution in [2.45, 2.75) is 6.54 Å². The number of pyridine rings is 1. The number of nitrogens with zero attached hydrogens (tertiary/aromatic N) is 3. The molecule has 4 N–H and O–H groups in total. The van der Waals surface area contributed by atoms with Gasteiger partial charge >= 0.3 is 5.97 Å². The maximum absolute atomic E-state index is 14.4. The largest absolute Gasteiger partial charge is 0.497 e. The lowest BCUT2D eigenvalue weighted by Crippen LogP contribution is -2.24. The van der Waals surface area contributed by atoms with Crippen LogP contribution in [-0.2, 0) is 6.54 Å². The molecule has 0 bridgehead atoms. The Bertz CT molecular complexity index is 1680. The van der Waals surface area contributed by atoms with E-state index in [1.54, 1.807) is 19.4 Å². The topological polar surface area (TPSA) is 132 Å². The normalized spacial score (nSPS) is 10.9. The van der Waals surface area contributed by atoms with Gasteiger partial charge in [-0.2, -0.15) is 0 Å². The lowest BCUT2D eigenvalue weighted by Gasteiger charge is -2.12. The molecule has 0 saturated heterocycles. The van der Waals surface area contributed by atoms with Gasteiger partial charge in [-0.3, -0.25) is 9.36 Å². The Morgan fingerprint density at radius 2 is 1.82 bits per heavy atom. The summed E-state index contributed by atoms with van der Waals surface area (Å²) in [5.41, 5.74) is 9.03. The number of carbonyl (C=O) groups excluding carboxylic acids is 1. The first-order valence-corrected chi connectivity index (χ1v) is 11.5. The maximum atomic E-state index is 14.4. The average molecular weight is 512 g/mol. The molecule has 5 aromatic rings. The first-order valence-electron chi connectivity index (χ1n) is 11.5. The van der Waals surface area contributed by atoms with Gasteiger partial charge in [0.05, 0.1) is 34.8 Å². The number of ether oxygens (including phenoxy) is 1. The Morgan fingerprint density at radius 3 is 2.53 bits per heavy atom. The van der Waals surface area contributed by atoms with Crippen LogP contribution in [0.5, 0.6) is 5.75 Å². The third kappa shape index (κ3) is 4.50. The Hall–Kier alpha value is -5.25. The smallest absolute Gasteiger partial charge is 0.338 e. The number of anilines is 1. The van der Waals surface area contributed by atoms with Crippen molar-refractivity contribution in [2.75, 3.05) is 12.8 Å². The summed E-state index contributed by atoms with van der Waals surface area (Å²) in [6.45, 7) is 0.108. The maximum Gasteiger partial charge on any atom is 0.338 e. The second-order valence-electron chi connectivity index (χ2n) is 8.38. The van der Waals surface area contributed by atoms with Crippen molar-refractivity contribution >= 4 is 28.7 Å². The standard InChI is InChI=1S/C28H22FN5O4/c1-38-18-11-12-22-23(14-18)34(26(33-22)21-6-3-13-31-25(21)30)17-9-7-16(8-10-17)15-32-27(35)19-4-2-5-20(24(19)29)28(36)37/h2-14H,15H2,1H3,(H2,30,31)(H,32,35)(H,36,37). The third-order valence-electron chi connectivity index (χ3n) is 6.06. The van der Waals surface area contributed by atoms with E-state index in [0.717, 1.165) is 28.4 Å². The Morgan fingerprint density at radius 1 is 1.05 bits per heavy atom. The lowest BCUT2D eigenvalue weighted by atomic mass is 10.1. The summed E-state index contributed by atoms with van der Waals surface area (Å²) >= 11 is 0. The van der Waals surface area contributed by atoms with E-state index in [2.05, 4.69) is 10.3 Å². The van der Waals surface area contributed by atoms with Crippen molar-refractivity contribution in [3.8, 4) is 22.8 Å². The molecule has 2 heterocycles. The van der Waals surface area contributed by atoms with Crippen LogP contribution < -0.4 is 15.8 Å². The highest BCUT2D eigenvalue weighted by Gasteiger charge is 2.19. The van der Waals surface area contributed by atoms with Crippen LogP contribution in [0.15, 0.2) is 79.0 Å². The number of amides is 1. The zero-order valence-corrected chi connectivity index (χ0v) is 20.2. The molecule has 0 aliphatic rings. The molecule has 3 aromatic carbocycles. The Kier molecular flexibility index (Phi) is 6.44. The van der Waals surface area contributed by atoms with Gasteiger partial charge in [0.25, 0.3) is 5.91 Å². The SMILES string of the molecule is COc1ccc2nc(-c3cccnc3N)n(-c3ccc(CNC(=O)c4cccc(C(=O)O)c4F)cc3)c2c1. The number of hydrogen-bond donors (Lipinski definition) is 3. The fourth-order valence-electron chi connectivity index (χ4n) is 4.14. The van der Waals surface area contributed by atoms with Crippen LogP contribution in [0, 0.1) is 5.82 Å². The van der Waals surface area contributed by atoms with Crippen molar-refractivity contribution < 1.29 is 23.8 Å². The van der Waals surface area contributed by atoms with Crippen LogP contribution in [0.25, 0.3) is 28.1 Å². The van der Waals surface area contributed by atoms with E-state index < -0.39 is 23.3 Å². The van der Waals surface area contributed by atoms with Gasteiger partial charge in [-0.1, -0.05) is 18.2 Å². The summed E-state index contributed by atoms with van der Waals surface area (Å²) in [7, 11) is 1.59. The minimum absolute atomic E-state index is 0.108. The summed E-state index contributed by atoms with van der Waals surface area (Å²) in [5, 5.41) is 11.7. The van der Waals surface area contributed by atoms with Crippen molar-refractivity contribution in [1.82, 2.24) is 19.9 Å². The van der Waals surface area contributed by atoms with Crippen molar-refractivity contribution in [1.29, 1.82) is 0 Å². The fourth-order valence-corrected chi connectivity index (χ4v) is 4.14. The van der Waals surface area contributed by atoms with E-state index in [1.807, 2.05) is 53.1 Å². The lowest BCUT2D eigenvalue weighted by molar-refractivity contribution is 0.0691. The van der Waals surface area contributed by atoms with Crippen LogP contribution in [-0.4, -0.2) is 38.6 Å². The van der Waals surface area contributed by atoms with E-state index in [9.17, 15) is 14.0 Å². The van der Waals surface area contributed by atoms with Gasteiger partial charge in [0, 0.05) is 24.5 Å². The van der Waals surface area contributed by atoms with Gasteiger partial charge in [0.15, 0.2) is 0 Å². The molecule has 10 heteroatoms. The molecule has 0 radical (unpaired) electrons. The second kappa shape index (κ2) is 10.0. The molecule has 1 amide bonds. The second-order valence-corrected chi connectivity index (χ2v) is 8.38. The summed E-state index contributed by atoms with van der Waals surface area (Å²) in [6, 6.07) is 20.3. The van der Waals surface area contributed by atoms with Crippen molar-refractivity contribution in [3.63, 3.8) is 0 Å². The zero-order chi connectivity index (χ0) is 26.8. The molecule has 0 saturated carbocycles. The van der Waals surface area contributed by atoms with Crippen LogP contribution in [0.4, 0.5) is 10.2 Å². The van der Waals surface area contributed by atoms with Gasteiger partial charge in [-0.25, -0.2) is 19.2 Å². The van der Waals surface area contributed by atoms with Crippen LogP contribution >= 0.6 is 0 Å². The number of carboxylic acids is 1. The number of hydrogen-bond acceptors (Lipinski definition) is 6. The molecule has 0 fully saturated rings. The fraction of sp³-hybridized carbons (Fsp3) is 0.0714. The number of nitrogens with one attached hydrogen (secondary N) is 1. The number of benzene rings is 3. The highest BCUT2D eigenvalue weighted by Crippen LogP contribution is 2.32. The van der Waals surface area contributed by atoms with E-state index in [0.29, 0.717) is 23.0 Å². The van der Waals surface area contributed by atoms with Crippen LogP contribution in [0.2, 0.25) is 0 Å². The molecule has 0 unspecified atom stereocenters. The monoisotopic (exact) mass is 511 g/mol. The van der Waals surface area contributed by atoms with Gasteiger partial charge in [-0.05, 0) is 54.1 Å². The minimum Gasteiger partial charge on any atom is -0.497 e. The number of carboxylic acid groups (broad SMARTS) is 1. The number of fused-ring (bicyclic) bond motifs is 1.